The summed E-state index contributed by atoms with van der Waals surface area (Å²) in [6.45, 7) is 1.53. The standard InChI is InChI=1S/C16H24IN7O5/c17-2-4-23(3-1-8(18)16(27)28)5-9-11(25)12(26)15(29-9)24-7-22-10-13(19)20-6-21-14(10)24/h6-9,11-12,15,25-26H,1-5,18H2,(H,27,28)(H2,19,20,21)/p+1/t8-,9+,11+,12+,15+/m0/s1. The van der Waals surface area contributed by atoms with Crippen LogP contribution in [0.15, 0.2) is 12.7 Å². The lowest BCUT2D eigenvalue weighted by Crippen LogP contribution is -2.65. The Morgan fingerprint density at radius 2 is 2.10 bits per heavy atom. The third-order valence-corrected chi connectivity index (χ3v) is 5.46. The van der Waals surface area contributed by atoms with Crippen molar-refractivity contribution in [2.45, 2.75) is 37.0 Å². The average molecular weight is 522 g/mol. The van der Waals surface area contributed by atoms with Crippen LogP contribution in [0.1, 0.15) is 12.6 Å². The van der Waals surface area contributed by atoms with Gasteiger partial charge in [0.2, 0.25) is 0 Å². The fourth-order valence-electron chi connectivity index (χ4n) is 3.30. The quantitative estimate of drug-likeness (QED) is 0.180. The number of aliphatic hydroxyl groups is 2. The highest BCUT2D eigenvalue weighted by atomic mass is 127. The zero-order valence-electron chi connectivity index (χ0n) is 15.6. The molecule has 0 aromatic carbocycles. The zero-order valence-corrected chi connectivity index (χ0v) is 17.8. The topological polar surface area (TPSA) is 187 Å². The number of nitrogens with zero attached hydrogens (tertiary/aromatic N) is 5. The third kappa shape index (κ3) is 4.75. The van der Waals surface area contributed by atoms with Gasteiger partial charge in [-0.2, -0.15) is 0 Å². The molecule has 8 N–H and O–H groups in total. The second kappa shape index (κ2) is 9.44. The Hall–Kier alpha value is -1.65. The number of hydrogen-bond acceptors (Lipinski definition) is 9. The van der Waals surface area contributed by atoms with Gasteiger partial charge in [0.05, 0.1) is 6.33 Å². The molecule has 160 valence electrons. The van der Waals surface area contributed by atoms with Gasteiger partial charge in [0.1, 0.15) is 30.2 Å². The summed E-state index contributed by atoms with van der Waals surface area (Å²) in [7, 11) is 0. The van der Waals surface area contributed by atoms with E-state index in [2.05, 4.69) is 43.3 Å². The number of anilines is 1. The fraction of sp³-hybridized carbons (Fsp3) is 0.625. The number of alkyl halides is 1. The van der Waals surface area contributed by atoms with E-state index in [1.54, 1.807) is 0 Å². The average Bonchev–Trinajstić information content (AvgIpc) is 3.23. The minimum absolute atomic E-state index is 0.215. The number of fused-ring (bicyclic) bond motifs is 1. The lowest BCUT2D eigenvalue weighted by molar-refractivity contribution is -0.409. The Morgan fingerprint density at radius 1 is 1.34 bits per heavy atom. The van der Waals surface area contributed by atoms with E-state index >= 15 is 0 Å². The van der Waals surface area contributed by atoms with Gasteiger partial charge in [0, 0.05) is 30.5 Å². The van der Waals surface area contributed by atoms with Gasteiger partial charge >= 0.3 is 5.97 Å². The van der Waals surface area contributed by atoms with Gasteiger partial charge in [0.15, 0.2) is 23.7 Å². The number of carboxylic acids is 1. The summed E-state index contributed by atoms with van der Waals surface area (Å²) < 4.78 is 8.31. The van der Waals surface area contributed by atoms with Crippen LogP contribution in [0.4, 0.5) is 5.82 Å². The molecule has 12 nitrogen and oxygen atoms in total. The molecule has 1 aliphatic heterocycles. The van der Waals surface area contributed by atoms with Crippen LogP contribution < -0.4 is 11.5 Å². The van der Waals surface area contributed by atoms with Crippen molar-refractivity contribution in [2.75, 3.05) is 29.8 Å². The number of carbonyl (C=O) groups is 1. The molecule has 0 bridgehead atoms. The number of rotatable bonds is 9. The van der Waals surface area contributed by atoms with E-state index in [0.717, 1.165) is 4.43 Å². The maximum absolute atomic E-state index is 11.0. The van der Waals surface area contributed by atoms with Crippen molar-refractivity contribution < 1.29 is 30.6 Å². The molecule has 0 saturated carbocycles. The van der Waals surface area contributed by atoms with Crippen LogP contribution in [0.2, 0.25) is 0 Å². The number of imidazole rings is 1. The van der Waals surface area contributed by atoms with Gasteiger partial charge in [0.25, 0.3) is 0 Å². The van der Waals surface area contributed by atoms with Crippen LogP contribution in [0.3, 0.4) is 0 Å². The summed E-state index contributed by atoms with van der Waals surface area (Å²) in [6, 6.07) is -0.707. The third-order valence-electron chi connectivity index (χ3n) is 4.98. The van der Waals surface area contributed by atoms with Gasteiger partial charge in [-0.05, 0) is 0 Å². The SMILES string of the molecule is Nc1ncnc2c1ncn2[C@@H]1O[C@H](CN(CCI)CC[C@H]([NH3+])C(=O)O)[C@@H](O)[C@H]1O. The number of nitrogens with two attached hydrogens (primary N) is 1. The lowest BCUT2D eigenvalue weighted by atomic mass is 10.1. The Kier molecular flexibility index (Phi) is 7.18. The molecule has 0 spiro atoms. The van der Waals surface area contributed by atoms with E-state index in [1.165, 1.54) is 17.2 Å². The molecule has 1 saturated heterocycles. The summed E-state index contributed by atoms with van der Waals surface area (Å²) in [5.41, 5.74) is 10.2. The molecule has 3 rings (SSSR count). The van der Waals surface area contributed by atoms with E-state index in [9.17, 15) is 15.0 Å². The zero-order chi connectivity index (χ0) is 21.1. The highest BCUT2D eigenvalue weighted by Gasteiger charge is 2.44. The first-order chi connectivity index (χ1) is 13.8. The first kappa shape index (κ1) is 22.0. The molecule has 1 fully saturated rings. The molecule has 0 amide bonds. The number of quaternary nitrogens is 1. The second-order valence-electron chi connectivity index (χ2n) is 6.94. The van der Waals surface area contributed by atoms with E-state index in [1.807, 2.05) is 4.90 Å². The molecule has 3 heterocycles. The van der Waals surface area contributed by atoms with Crippen LogP contribution in [0, 0.1) is 0 Å². The first-order valence-corrected chi connectivity index (χ1v) is 10.6. The lowest BCUT2D eigenvalue weighted by Gasteiger charge is -2.26. The Labute approximate surface area is 180 Å². The Morgan fingerprint density at radius 3 is 2.79 bits per heavy atom. The van der Waals surface area contributed by atoms with Gasteiger partial charge in [-0.15, -0.1) is 0 Å². The molecule has 5 atom stereocenters. The molecule has 1 aliphatic rings. The fourth-order valence-corrected chi connectivity index (χ4v) is 3.98. The summed E-state index contributed by atoms with van der Waals surface area (Å²) in [5, 5.41) is 30.1. The number of aromatic nitrogens is 4. The first-order valence-electron chi connectivity index (χ1n) is 9.12. The Bertz CT molecular complexity index is 852. The summed E-state index contributed by atoms with van der Waals surface area (Å²) in [4.78, 5) is 25.2. The summed E-state index contributed by atoms with van der Waals surface area (Å²) in [6.07, 6.45) is -0.730. The number of nitrogen functional groups attached to an aromatic ring is 1. The normalized spacial score (nSPS) is 25.7. The summed E-state index contributed by atoms with van der Waals surface area (Å²) in [5.74, 6) is -0.729. The molecule has 13 heteroatoms. The number of aliphatic hydroxyl groups excluding tert-OH is 2. The van der Waals surface area contributed by atoms with Crippen LogP contribution in [0.25, 0.3) is 11.2 Å². The van der Waals surface area contributed by atoms with Crippen LogP contribution >= 0.6 is 22.6 Å². The van der Waals surface area contributed by atoms with Crippen LogP contribution in [-0.2, 0) is 9.53 Å². The van der Waals surface area contributed by atoms with Crippen molar-refractivity contribution in [2.24, 2.45) is 0 Å². The molecule has 29 heavy (non-hydrogen) atoms. The molecule has 2 aromatic heterocycles. The maximum Gasteiger partial charge on any atom is 0.362 e. The van der Waals surface area contributed by atoms with Crippen LogP contribution in [-0.4, -0.2) is 94.1 Å². The minimum atomic E-state index is -1.19. The highest BCUT2D eigenvalue weighted by Crippen LogP contribution is 2.32. The molecule has 0 aliphatic carbocycles. The number of ether oxygens (including phenoxy) is 1. The smallest absolute Gasteiger partial charge is 0.362 e. The van der Waals surface area contributed by atoms with Crippen molar-refractivity contribution in [3.8, 4) is 0 Å². The molecule has 0 unspecified atom stereocenters. The molecule has 0 radical (unpaired) electrons. The van der Waals surface area contributed by atoms with Gasteiger partial charge < -0.3 is 31.5 Å². The van der Waals surface area contributed by atoms with Gasteiger partial charge in [-0.25, -0.2) is 19.7 Å². The highest BCUT2D eigenvalue weighted by molar-refractivity contribution is 14.1. The number of hydrogen-bond donors (Lipinski definition) is 5. The monoisotopic (exact) mass is 522 g/mol. The molecular formula is C16H25IN7O5+. The van der Waals surface area contributed by atoms with Gasteiger partial charge in [-0.3, -0.25) is 9.47 Å². The molecule has 2 aromatic rings. The predicted molar refractivity (Wildman–Crippen MR) is 110 cm³/mol. The van der Waals surface area contributed by atoms with Crippen molar-refractivity contribution in [3.05, 3.63) is 12.7 Å². The van der Waals surface area contributed by atoms with Crippen LogP contribution in [0.5, 0.6) is 0 Å². The predicted octanol–water partition coefficient (Wildman–Crippen LogP) is -2.15. The van der Waals surface area contributed by atoms with E-state index in [-0.39, 0.29) is 5.82 Å². The second-order valence-corrected chi connectivity index (χ2v) is 8.02. The van der Waals surface area contributed by atoms with E-state index < -0.39 is 36.6 Å². The van der Waals surface area contributed by atoms with Crippen molar-refractivity contribution in [1.29, 1.82) is 0 Å². The number of carboxylic acid groups (broad SMARTS) is 1. The number of aliphatic carboxylic acids is 1. The van der Waals surface area contributed by atoms with E-state index in [0.29, 0.717) is 37.2 Å². The van der Waals surface area contributed by atoms with E-state index in [4.69, 9.17) is 15.6 Å². The van der Waals surface area contributed by atoms with Crippen molar-refractivity contribution in [1.82, 2.24) is 24.4 Å². The van der Waals surface area contributed by atoms with Crippen molar-refractivity contribution >= 4 is 45.5 Å². The Balaban J connectivity index is 1.72. The number of halogens is 1. The maximum atomic E-state index is 11.0. The largest absolute Gasteiger partial charge is 0.477 e. The van der Waals surface area contributed by atoms with Crippen molar-refractivity contribution in [3.63, 3.8) is 0 Å². The summed E-state index contributed by atoms with van der Waals surface area (Å²) >= 11 is 2.23. The minimum Gasteiger partial charge on any atom is -0.477 e. The molecular weight excluding hydrogens is 497 g/mol. The van der Waals surface area contributed by atoms with Gasteiger partial charge in [-0.1, -0.05) is 22.6 Å².